The number of alkyl halides is 3. The fourth-order valence-corrected chi connectivity index (χ4v) is 7.61. The van der Waals surface area contributed by atoms with Crippen molar-refractivity contribution in [2.45, 2.75) is 83.8 Å². The van der Waals surface area contributed by atoms with Crippen LogP contribution in [0.15, 0.2) is 28.7 Å². The molecule has 7 N–H and O–H groups in total. The molecule has 1 aromatic carbocycles. The van der Waals surface area contributed by atoms with Crippen molar-refractivity contribution in [2.75, 3.05) is 14.1 Å². The van der Waals surface area contributed by atoms with Crippen molar-refractivity contribution in [1.29, 1.82) is 0 Å². The molecule has 3 aliphatic carbocycles. The number of aliphatic hydroxyl groups is 3. The molecular weight excluding hydrogens is 583 g/mol. The lowest BCUT2D eigenvalue weighted by molar-refractivity contribution is -0.148. The van der Waals surface area contributed by atoms with Gasteiger partial charge in [-0.1, -0.05) is 20.8 Å². The highest BCUT2D eigenvalue weighted by Crippen LogP contribution is 2.54. The van der Waals surface area contributed by atoms with E-state index in [0.717, 1.165) is 6.07 Å². The Labute approximate surface area is 253 Å². The maximum Gasteiger partial charge on any atom is 0.417 e. The van der Waals surface area contributed by atoms with E-state index in [1.165, 1.54) is 19.0 Å². The highest BCUT2D eigenvalue weighted by Gasteiger charge is 2.63. The SMILES string of the molecule is CN(C)[C@@H]1C(O)=C(C(N)=O)C(=O)[C@@]2(O)C(O)=C3C(=O)c4c(O)cc(CNC(C)(C)CC(C)(C)C)c(C(F)(F)F)c4C[C@H]3C[C@@H]12. The van der Waals surface area contributed by atoms with E-state index in [1.54, 1.807) is 0 Å². The molecule has 0 aromatic heterocycles. The van der Waals surface area contributed by atoms with Gasteiger partial charge >= 0.3 is 6.18 Å². The molecule has 0 aliphatic heterocycles. The highest BCUT2D eigenvalue weighted by atomic mass is 19.4. The van der Waals surface area contributed by atoms with E-state index in [4.69, 9.17) is 5.73 Å². The van der Waals surface area contributed by atoms with Crippen LogP contribution < -0.4 is 11.1 Å². The number of nitrogens with one attached hydrogen (secondary N) is 1. The molecule has 0 bridgehead atoms. The van der Waals surface area contributed by atoms with Crippen LogP contribution >= 0.6 is 0 Å². The molecule has 242 valence electrons. The molecular formula is C31H40F3N3O7. The van der Waals surface area contributed by atoms with E-state index in [9.17, 15) is 48.0 Å². The average Bonchev–Trinajstić information content (AvgIpc) is 2.82. The summed E-state index contributed by atoms with van der Waals surface area (Å²) in [7, 11) is 2.93. The third-order valence-electron chi connectivity index (χ3n) is 8.82. The molecule has 0 spiro atoms. The topological polar surface area (TPSA) is 173 Å². The van der Waals surface area contributed by atoms with Crippen LogP contribution in [0.5, 0.6) is 5.75 Å². The maximum absolute atomic E-state index is 14.7. The number of hydrogen-bond acceptors (Lipinski definition) is 9. The molecule has 0 saturated heterocycles. The first-order valence-corrected chi connectivity index (χ1v) is 14.3. The van der Waals surface area contributed by atoms with Gasteiger partial charge in [-0.2, -0.15) is 13.2 Å². The second-order valence-corrected chi connectivity index (χ2v) is 14.2. The minimum absolute atomic E-state index is 0.131. The van der Waals surface area contributed by atoms with Crippen LogP contribution in [0.4, 0.5) is 13.2 Å². The molecule has 0 unspecified atom stereocenters. The van der Waals surface area contributed by atoms with Gasteiger partial charge < -0.3 is 31.5 Å². The first-order chi connectivity index (χ1) is 19.9. The number of hydrogen-bond donors (Lipinski definition) is 6. The number of rotatable bonds is 6. The number of carbonyl (C=O) groups excluding carboxylic acids is 3. The number of phenols is 1. The smallest absolute Gasteiger partial charge is 0.417 e. The van der Waals surface area contributed by atoms with Gasteiger partial charge in [-0.25, -0.2) is 0 Å². The lowest BCUT2D eigenvalue weighted by Gasteiger charge is -2.50. The third-order valence-corrected chi connectivity index (χ3v) is 8.82. The number of benzene rings is 1. The first-order valence-electron chi connectivity index (χ1n) is 14.3. The Kier molecular flexibility index (Phi) is 8.06. The normalized spacial score (nSPS) is 26.1. The largest absolute Gasteiger partial charge is 0.510 e. The molecule has 1 aromatic rings. The van der Waals surface area contributed by atoms with Gasteiger partial charge in [0.05, 0.1) is 17.2 Å². The molecule has 0 heterocycles. The Bertz CT molecular complexity index is 1500. The number of aromatic hydroxyl groups is 1. The zero-order valence-electron chi connectivity index (χ0n) is 25.8. The number of Topliss-reactive ketones (excluding diaryl/α,β-unsaturated/α-hetero) is 2. The Morgan fingerprint density at radius 2 is 1.70 bits per heavy atom. The van der Waals surface area contributed by atoms with Crippen LogP contribution in [0.3, 0.4) is 0 Å². The lowest BCUT2D eigenvalue weighted by Crippen LogP contribution is -2.63. The number of halogens is 3. The van der Waals surface area contributed by atoms with Crippen molar-refractivity contribution in [1.82, 2.24) is 10.2 Å². The molecule has 4 rings (SSSR count). The fourth-order valence-electron chi connectivity index (χ4n) is 7.61. The van der Waals surface area contributed by atoms with E-state index in [-0.39, 0.29) is 23.9 Å². The quantitative estimate of drug-likeness (QED) is 0.260. The van der Waals surface area contributed by atoms with Gasteiger partial charge in [-0.05, 0) is 75.7 Å². The zero-order chi connectivity index (χ0) is 33.5. The molecule has 13 heteroatoms. The van der Waals surface area contributed by atoms with Crippen molar-refractivity contribution < 1.29 is 48.0 Å². The van der Waals surface area contributed by atoms with Crippen LogP contribution in [0, 0.1) is 17.3 Å². The predicted molar refractivity (Wildman–Crippen MR) is 154 cm³/mol. The average molecular weight is 624 g/mol. The Balaban J connectivity index is 1.89. The van der Waals surface area contributed by atoms with Crippen molar-refractivity contribution in [3.8, 4) is 5.75 Å². The molecule has 0 radical (unpaired) electrons. The van der Waals surface area contributed by atoms with Gasteiger partial charge in [0.2, 0.25) is 5.78 Å². The molecule has 10 nitrogen and oxygen atoms in total. The number of fused-ring (bicyclic) bond motifs is 3. The summed E-state index contributed by atoms with van der Waals surface area (Å²) in [6, 6.07) is -0.380. The van der Waals surface area contributed by atoms with Crippen molar-refractivity contribution >= 4 is 17.5 Å². The van der Waals surface area contributed by atoms with Crippen LogP contribution in [0.1, 0.15) is 74.5 Å². The molecule has 44 heavy (non-hydrogen) atoms. The maximum atomic E-state index is 14.7. The Morgan fingerprint density at radius 3 is 2.20 bits per heavy atom. The number of allylic oxidation sites excluding steroid dienone is 1. The number of ketones is 2. The number of aliphatic hydroxyl groups excluding tert-OH is 2. The molecule has 1 amide bonds. The summed E-state index contributed by atoms with van der Waals surface area (Å²) in [5.41, 5.74) is -2.25. The summed E-state index contributed by atoms with van der Waals surface area (Å²) in [5, 5.41) is 48.0. The number of amides is 1. The highest BCUT2D eigenvalue weighted by molar-refractivity contribution is 6.24. The number of nitrogens with zero attached hydrogens (tertiary/aromatic N) is 1. The van der Waals surface area contributed by atoms with E-state index in [1.807, 2.05) is 34.6 Å². The standard InChI is InChI=1S/C31H40F3N3O7/c1-28(2,3)12-29(4,5)36-11-14-10-17(38)19-15(21(14)31(32,33)34)8-13-9-16-22(37(6)7)24(40)20(27(35)43)26(42)30(16,44)25(41)18(13)23(19)39/h10,13,16,22,36,38,40-41,44H,8-9,11-12H2,1-7H3,(H2,35,43)/t13-,16-,22-,30-/m0/s1. The summed E-state index contributed by atoms with van der Waals surface area (Å²) < 4.78 is 44.2. The van der Waals surface area contributed by atoms with Crippen molar-refractivity contribution in [3.63, 3.8) is 0 Å². The lowest BCUT2D eigenvalue weighted by atomic mass is 9.58. The van der Waals surface area contributed by atoms with Gasteiger partial charge in [-0.15, -0.1) is 0 Å². The first kappa shape index (κ1) is 33.5. The fraction of sp³-hybridized carbons (Fsp3) is 0.581. The van der Waals surface area contributed by atoms with E-state index in [2.05, 4.69) is 5.32 Å². The molecule has 4 atom stereocenters. The number of nitrogens with two attached hydrogens (primary N) is 1. The zero-order valence-corrected chi connectivity index (χ0v) is 25.8. The van der Waals surface area contributed by atoms with E-state index in [0.29, 0.717) is 6.42 Å². The summed E-state index contributed by atoms with van der Waals surface area (Å²) in [5.74, 6) is -9.09. The number of likely N-dealkylation sites (N-methyl/N-ethyl adjacent to an activating group) is 1. The monoisotopic (exact) mass is 623 g/mol. The summed E-state index contributed by atoms with van der Waals surface area (Å²) in [6.45, 7) is 9.46. The van der Waals surface area contributed by atoms with E-state index >= 15 is 0 Å². The summed E-state index contributed by atoms with van der Waals surface area (Å²) in [6.07, 6.45) is -5.07. The van der Waals surface area contributed by atoms with Gasteiger partial charge in [0.15, 0.2) is 11.4 Å². The van der Waals surface area contributed by atoms with Gasteiger partial charge in [0, 0.05) is 23.6 Å². The number of primary amides is 1. The molecule has 0 saturated carbocycles. The number of phenolic OH excluding ortho intramolecular Hbond substituents is 1. The van der Waals surface area contributed by atoms with Crippen LogP contribution in [-0.4, -0.2) is 74.1 Å². The third kappa shape index (κ3) is 5.39. The summed E-state index contributed by atoms with van der Waals surface area (Å²) >= 11 is 0. The van der Waals surface area contributed by atoms with Gasteiger partial charge in [0.1, 0.15) is 22.8 Å². The van der Waals surface area contributed by atoms with Gasteiger partial charge in [-0.3, -0.25) is 19.3 Å². The Morgan fingerprint density at radius 1 is 1.11 bits per heavy atom. The van der Waals surface area contributed by atoms with Crippen LogP contribution in [0.2, 0.25) is 0 Å². The van der Waals surface area contributed by atoms with Crippen LogP contribution in [-0.2, 0) is 28.7 Å². The second-order valence-electron chi connectivity index (χ2n) is 14.2. The molecule has 3 aliphatic rings. The van der Waals surface area contributed by atoms with Gasteiger partial charge in [0.25, 0.3) is 5.91 Å². The number of carbonyl (C=O) groups is 3. The summed E-state index contributed by atoms with van der Waals surface area (Å²) in [4.78, 5) is 40.7. The Hall–Kier alpha value is -3.42. The van der Waals surface area contributed by atoms with Crippen molar-refractivity contribution in [2.24, 2.45) is 23.0 Å². The predicted octanol–water partition coefficient (Wildman–Crippen LogP) is 3.44. The molecule has 0 fully saturated rings. The second kappa shape index (κ2) is 10.6. The van der Waals surface area contributed by atoms with E-state index < -0.39 is 104 Å². The van der Waals surface area contributed by atoms with Crippen LogP contribution in [0.25, 0.3) is 0 Å². The minimum Gasteiger partial charge on any atom is -0.510 e. The minimum atomic E-state index is -4.92. The van der Waals surface area contributed by atoms with Crippen molar-refractivity contribution in [3.05, 3.63) is 51.0 Å².